The van der Waals surface area contributed by atoms with E-state index in [1.807, 2.05) is 29.2 Å². The Morgan fingerprint density at radius 3 is 2.69 bits per heavy atom. The molecule has 42 heavy (non-hydrogen) atoms. The number of nitriles is 1. The third kappa shape index (κ3) is 7.86. The summed E-state index contributed by atoms with van der Waals surface area (Å²) in [5.74, 6) is -3.18. The summed E-state index contributed by atoms with van der Waals surface area (Å²) >= 11 is 0. The zero-order valence-electron chi connectivity index (χ0n) is 23.7. The fraction of sp³-hybridized carbons (Fsp3) is 0.536. The number of piperidine rings is 1. The first kappa shape index (κ1) is 31.4. The molecule has 0 aliphatic carbocycles. The van der Waals surface area contributed by atoms with Crippen molar-refractivity contribution < 1.29 is 37.5 Å². The van der Waals surface area contributed by atoms with Gasteiger partial charge in [0, 0.05) is 68.0 Å². The van der Waals surface area contributed by atoms with Gasteiger partial charge in [-0.05, 0) is 38.8 Å². The Bertz CT molecular complexity index is 1330. The highest BCUT2D eigenvalue weighted by Crippen LogP contribution is 2.32. The molecule has 4 N–H and O–H groups in total. The molecule has 0 unspecified atom stereocenters. The number of nitrogens with zero attached hydrogens (tertiary/aromatic N) is 3. The summed E-state index contributed by atoms with van der Waals surface area (Å²) in [4.78, 5) is 29.5. The average molecular weight is 587 g/mol. The number of amides is 3. The molecule has 2 saturated heterocycles. The number of alkyl halides is 2. The lowest BCUT2D eigenvalue weighted by molar-refractivity contribution is -0.127. The smallest absolute Gasteiger partial charge is 0.464 e. The van der Waals surface area contributed by atoms with Gasteiger partial charge in [-0.2, -0.15) is 5.26 Å². The van der Waals surface area contributed by atoms with Crippen LogP contribution in [-0.4, -0.2) is 89.0 Å². The minimum Gasteiger partial charge on any atom is -0.464 e. The molecule has 0 saturated carbocycles. The van der Waals surface area contributed by atoms with Gasteiger partial charge < -0.3 is 34.7 Å². The number of likely N-dealkylation sites (tertiary alicyclic amines) is 2. The van der Waals surface area contributed by atoms with Crippen LogP contribution in [0.25, 0.3) is 11.0 Å². The number of nitrogens with one attached hydrogen (secondary N) is 2. The first-order valence-corrected chi connectivity index (χ1v) is 14.0. The number of rotatable bonds is 10. The van der Waals surface area contributed by atoms with Crippen LogP contribution in [0.5, 0.6) is 0 Å². The molecule has 0 spiro atoms. The van der Waals surface area contributed by atoms with Crippen molar-refractivity contribution in [2.24, 2.45) is 0 Å². The Balaban J connectivity index is 1.35. The van der Waals surface area contributed by atoms with E-state index in [-0.39, 0.29) is 50.5 Å². The van der Waals surface area contributed by atoms with Gasteiger partial charge in [-0.1, -0.05) is 18.2 Å². The Kier molecular flexibility index (Phi) is 9.88. The molecule has 2 aromatic rings. The fourth-order valence-corrected chi connectivity index (χ4v) is 5.54. The molecular formula is C28H36BF2N5O6. The monoisotopic (exact) mass is 587 g/mol. The Labute approximate surface area is 243 Å². The lowest BCUT2D eigenvalue weighted by Crippen LogP contribution is -2.51. The molecule has 1 aromatic carbocycles. The summed E-state index contributed by atoms with van der Waals surface area (Å²) in [6, 6.07) is 8.22. The maximum atomic E-state index is 13.6. The fourth-order valence-electron chi connectivity index (χ4n) is 5.54. The van der Waals surface area contributed by atoms with E-state index < -0.39 is 36.9 Å². The van der Waals surface area contributed by atoms with Gasteiger partial charge in [0.15, 0.2) is 0 Å². The highest BCUT2D eigenvalue weighted by atomic mass is 19.3. The number of carbonyl (C=O) groups excluding carboxylic acids is 2. The number of benzene rings is 1. The number of fused-ring (bicyclic) bond motifs is 1. The van der Waals surface area contributed by atoms with Crippen molar-refractivity contribution in [1.29, 1.82) is 5.26 Å². The lowest BCUT2D eigenvalue weighted by Gasteiger charge is -2.41. The SMILES string of the molecule is CC(C)(C=C(C#N)C(=O)N1CCC[C@@H]1CNC(=O)N[C@@H](Cc1coc2ccccc12)OB(O)O)N1CCC(F)(F)CC1. The zero-order chi connectivity index (χ0) is 30.5. The third-order valence-corrected chi connectivity index (χ3v) is 7.84. The number of carbonyl (C=O) groups is 2. The first-order chi connectivity index (χ1) is 19.9. The predicted octanol–water partition coefficient (Wildman–Crippen LogP) is 2.54. The lowest BCUT2D eigenvalue weighted by atomic mass is 9.94. The van der Waals surface area contributed by atoms with E-state index >= 15 is 0 Å². The Morgan fingerprint density at radius 1 is 1.29 bits per heavy atom. The van der Waals surface area contributed by atoms with Crippen molar-refractivity contribution in [1.82, 2.24) is 20.4 Å². The highest BCUT2D eigenvalue weighted by molar-refractivity contribution is 6.32. The molecule has 3 heterocycles. The van der Waals surface area contributed by atoms with Gasteiger partial charge in [0.2, 0.25) is 0 Å². The second kappa shape index (κ2) is 13.2. The van der Waals surface area contributed by atoms with Gasteiger partial charge in [-0.3, -0.25) is 9.69 Å². The number of urea groups is 1. The molecule has 2 atom stereocenters. The molecule has 0 bridgehead atoms. The zero-order valence-corrected chi connectivity index (χ0v) is 23.7. The van der Waals surface area contributed by atoms with E-state index in [4.69, 9.17) is 9.07 Å². The van der Waals surface area contributed by atoms with E-state index in [0.717, 1.165) is 5.39 Å². The molecule has 14 heteroatoms. The summed E-state index contributed by atoms with van der Waals surface area (Å²) in [6.07, 6.45) is 2.78. The van der Waals surface area contributed by atoms with E-state index in [1.165, 1.54) is 12.3 Å². The summed E-state index contributed by atoms with van der Waals surface area (Å²) in [5, 5.41) is 34.6. The normalized spacial score (nSPS) is 20.3. The van der Waals surface area contributed by atoms with Gasteiger partial charge in [0.1, 0.15) is 23.5 Å². The average Bonchev–Trinajstić information content (AvgIpc) is 3.57. The van der Waals surface area contributed by atoms with Crippen LogP contribution in [-0.2, 0) is 15.9 Å². The van der Waals surface area contributed by atoms with Gasteiger partial charge in [-0.25, -0.2) is 13.6 Å². The molecule has 2 aliphatic rings. The van der Waals surface area contributed by atoms with Crippen molar-refractivity contribution in [2.75, 3.05) is 26.2 Å². The van der Waals surface area contributed by atoms with Crippen LogP contribution in [0.4, 0.5) is 13.6 Å². The maximum Gasteiger partial charge on any atom is 0.635 e. The Hall–Kier alpha value is -3.51. The number of hydrogen-bond donors (Lipinski definition) is 4. The number of halogens is 2. The topological polar surface area (TPSA) is 151 Å². The number of furan rings is 1. The molecule has 3 amide bonds. The van der Waals surface area contributed by atoms with Gasteiger partial charge in [0.25, 0.3) is 11.8 Å². The first-order valence-electron chi connectivity index (χ1n) is 14.0. The van der Waals surface area contributed by atoms with Crippen molar-refractivity contribution in [3.8, 4) is 6.07 Å². The summed E-state index contributed by atoms with van der Waals surface area (Å²) < 4.78 is 37.9. The third-order valence-electron chi connectivity index (χ3n) is 7.84. The molecule has 1 aromatic heterocycles. The second-order valence-corrected chi connectivity index (χ2v) is 11.2. The molecule has 2 aliphatic heterocycles. The molecule has 2 fully saturated rings. The molecule has 11 nitrogen and oxygen atoms in total. The van der Waals surface area contributed by atoms with Crippen molar-refractivity contribution in [3.63, 3.8) is 0 Å². The summed E-state index contributed by atoms with van der Waals surface area (Å²) in [6.45, 7) is 4.39. The van der Waals surface area contributed by atoms with Gasteiger partial charge in [-0.15, -0.1) is 0 Å². The van der Waals surface area contributed by atoms with Crippen LogP contribution in [0.1, 0.15) is 45.1 Å². The van der Waals surface area contributed by atoms with E-state index in [0.29, 0.717) is 30.5 Å². The van der Waals surface area contributed by atoms with Crippen LogP contribution in [0.15, 0.2) is 46.6 Å². The molecule has 0 radical (unpaired) electrons. The minimum absolute atomic E-state index is 0.0774. The van der Waals surface area contributed by atoms with Crippen LogP contribution in [0, 0.1) is 11.3 Å². The van der Waals surface area contributed by atoms with Crippen LogP contribution < -0.4 is 10.6 Å². The van der Waals surface area contributed by atoms with E-state index in [9.17, 15) is 33.7 Å². The summed E-state index contributed by atoms with van der Waals surface area (Å²) in [5.41, 5.74) is 0.474. The second-order valence-electron chi connectivity index (χ2n) is 11.2. The van der Waals surface area contributed by atoms with Crippen molar-refractivity contribution in [2.45, 2.75) is 69.7 Å². The standard InChI is InChI=1S/C28H36BF2N5O6/c1-27(2,35-12-9-28(30,31)10-13-35)15-20(16-32)25(37)36-11-5-6-21(36)17-33-26(38)34-24(42-29(39)40)14-19-18-41-23-8-4-3-7-22(19)23/h3-4,7-8,15,18,21,24,39-40H,5-6,9-14,17H2,1-2H3,(H2,33,34,38)/t21-,24-/m1/s1. The van der Waals surface area contributed by atoms with Crippen molar-refractivity contribution >= 4 is 30.2 Å². The molecular weight excluding hydrogens is 551 g/mol. The van der Waals surface area contributed by atoms with Gasteiger partial charge >= 0.3 is 13.4 Å². The predicted molar refractivity (Wildman–Crippen MR) is 150 cm³/mol. The van der Waals surface area contributed by atoms with Gasteiger partial charge in [0.05, 0.1) is 6.26 Å². The Morgan fingerprint density at radius 2 is 2.00 bits per heavy atom. The number of hydrogen-bond acceptors (Lipinski definition) is 8. The largest absolute Gasteiger partial charge is 0.635 e. The van der Waals surface area contributed by atoms with Crippen LogP contribution in [0.3, 0.4) is 0 Å². The highest BCUT2D eigenvalue weighted by Gasteiger charge is 2.39. The van der Waals surface area contributed by atoms with Crippen molar-refractivity contribution in [3.05, 3.63) is 47.7 Å². The van der Waals surface area contributed by atoms with E-state index in [1.54, 1.807) is 24.8 Å². The van der Waals surface area contributed by atoms with E-state index in [2.05, 4.69) is 10.6 Å². The van der Waals surface area contributed by atoms with Crippen LogP contribution >= 0.6 is 0 Å². The summed E-state index contributed by atoms with van der Waals surface area (Å²) in [7, 11) is -2.13. The maximum absolute atomic E-state index is 13.6. The minimum atomic E-state index is -2.70. The molecule has 226 valence electrons. The molecule has 4 rings (SSSR count). The number of para-hydroxylation sites is 1. The van der Waals surface area contributed by atoms with Crippen LogP contribution in [0.2, 0.25) is 0 Å². The quantitative estimate of drug-likeness (QED) is 0.143.